The Balaban J connectivity index is 1.84. The molecule has 2 rings (SSSR count). The van der Waals surface area contributed by atoms with Crippen LogP contribution in [0.2, 0.25) is 0 Å². The fraction of sp³-hybridized carbons (Fsp3) is 0.500. The third-order valence-corrected chi connectivity index (χ3v) is 3.17. The normalized spacial score (nSPS) is 15.9. The molecule has 3 nitrogen and oxygen atoms in total. The molecule has 0 aromatic carbocycles. The topological polar surface area (TPSA) is 36.4 Å². The van der Waals surface area contributed by atoms with E-state index in [1.54, 1.807) is 11.3 Å². The molecule has 0 saturated heterocycles. The highest BCUT2D eigenvalue weighted by molar-refractivity contribution is 7.10. The van der Waals surface area contributed by atoms with Crippen LogP contribution in [0.15, 0.2) is 16.4 Å². The Hall–Kier alpha value is -1.03. The summed E-state index contributed by atoms with van der Waals surface area (Å²) < 4.78 is 0. The van der Waals surface area contributed by atoms with Gasteiger partial charge in [0, 0.05) is 18.0 Å². The number of nitrogens with zero attached hydrogens (tertiary/aromatic N) is 1. The first-order chi connectivity index (χ1) is 6.84. The van der Waals surface area contributed by atoms with Crippen molar-refractivity contribution in [2.75, 3.05) is 13.1 Å². The summed E-state index contributed by atoms with van der Waals surface area (Å²) in [6.45, 7) is 4.98. The van der Waals surface area contributed by atoms with Crippen LogP contribution in [0.1, 0.15) is 16.9 Å². The maximum atomic E-state index is 4.35. The summed E-state index contributed by atoms with van der Waals surface area (Å²) in [6, 6.07) is 2.21. The maximum absolute atomic E-state index is 4.35. The third kappa shape index (κ3) is 2.48. The second-order valence-electron chi connectivity index (χ2n) is 3.45. The quantitative estimate of drug-likeness (QED) is 0.774. The van der Waals surface area contributed by atoms with E-state index in [9.17, 15) is 0 Å². The Labute approximate surface area is 88.3 Å². The first kappa shape index (κ1) is 9.52. The summed E-state index contributed by atoms with van der Waals surface area (Å²) in [4.78, 5) is 5.71. The number of thiophene rings is 1. The summed E-state index contributed by atoms with van der Waals surface area (Å²) >= 11 is 1.79. The Bertz CT molecular complexity index is 330. The van der Waals surface area contributed by atoms with Gasteiger partial charge in [0.25, 0.3) is 0 Å². The highest BCUT2D eigenvalue weighted by Gasteiger charge is 2.03. The fourth-order valence-electron chi connectivity index (χ4n) is 1.41. The largest absolute Gasteiger partial charge is 0.356 e. The fourth-order valence-corrected chi connectivity index (χ4v) is 2.22. The predicted octanol–water partition coefficient (Wildman–Crippen LogP) is 1.50. The number of rotatable bonds is 2. The van der Waals surface area contributed by atoms with Gasteiger partial charge in [-0.05, 0) is 30.4 Å². The van der Waals surface area contributed by atoms with E-state index in [1.165, 1.54) is 10.4 Å². The van der Waals surface area contributed by atoms with Crippen LogP contribution in [0.4, 0.5) is 0 Å². The molecule has 1 aliphatic rings. The average molecular weight is 209 g/mol. The SMILES string of the molecule is Cc1csc(CNC2=NCCCN2)c1. The minimum atomic E-state index is 0.879. The first-order valence-electron chi connectivity index (χ1n) is 4.91. The van der Waals surface area contributed by atoms with Gasteiger partial charge in [-0.1, -0.05) is 0 Å². The van der Waals surface area contributed by atoms with E-state index in [2.05, 4.69) is 34.0 Å². The highest BCUT2D eigenvalue weighted by Crippen LogP contribution is 2.12. The third-order valence-electron chi connectivity index (χ3n) is 2.11. The number of guanidine groups is 1. The highest BCUT2D eigenvalue weighted by atomic mass is 32.1. The number of aliphatic imine (C=N–C) groups is 1. The molecule has 0 fully saturated rings. The minimum absolute atomic E-state index is 0.879. The van der Waals surface area contributed by atoms with Crippen LogP contribution in [0.5, 0.6) is 0 Å². The van der Waals surface area contributed by atoms with Crippen LogP contribution in [0.3, 0.4) is 0 Å². The van der Waals surface area contributed by atoms with Gasteiger partial charge in [0.05, 0.1) is 6.54 Å². The van der Waals surface area contributed by atoms with Crippen molar-refractivity contribution in [1.82, 2.24) is 10.6 Å². The second-order valence-corrected chi connectivity index (χ2v) is 4.45. The van der Waals surface area contributed by atoms with Gasteiger partial charge >= 0.3 is 0 Å². The molecule has 76 valence electrons. The van der Waals surface area contributed by atoms with Crippen molar-refractivity contribution in [3.05, 3.63) is 21.9 Å². The zero-order valence-corrected chi connectivity index (χ0v) is 9.16. The average Bonchev–Trinajstić information content (AvgIpc) is 2.63. The van der Waals surface area contributed by atoms with E-state index in [4.69, 9.17) is 0 Å². The Morgan fingerprint density at radius 1 is 1.64 bits per heavy atom. The molecule has 2 heterocycles. The number of nitrogens with one attached hydrogen (secondary N) is 2. The van der Waals surface area contributed by atoms with Gasteiger partial charge in [0.1, 0.15) is 0 Å². The molecule has 0 unspecified atom stereocenters. The van der Waals surface area contributed by atoms with Crippen molar-refractivity contribution in [1.29, 1.82) is 0 Å². The molecular formula is C10H15N3S. The van der Waals surface area contributed by atoms with Crippen LogP contribution in [0, 0.1) is 6.92 Å². The lowest BCUT2D eigenvalue weighted by atomic mass is 10.3. The maximum Gasteiger partial charge on any atom is 0.191 e. The molecule has 0 atom stereocenters. The molecule has 0 amide bonds. The molecule has 0 aliphatic carbocycles. The van der Waals surface area contributed by atoms with Crippen molar-refractivity contribution >= 4 is 17.3 Å². The van der Waals surface area contributed by atoms with Crippen LogP contribution >= 0.6 is 11.3 Å². The van der Waals surface area contributed by atoms with Gasteiger partial charge in [-0.3, -0.25) is 4.99 Å². The van der Waals surface area contributed by atoms with E-state index in [-0.39, 0.29) is 0 Å². The molecule has 1 aromatic heterocycles. The van der Waals surface area contributed by atoms with Gasteiger partial charge in [-0.25, -0.2) is 0 Å². The Morgan fingerprint density at radius 3 is 3.21 bits per heavy atom. The second kappa shape index (κ2) is 4.46. The molecule has 14 heavy (non-hydrogen) atoms. The van der Waals surface area contributed by atoms with Gasteiger partial charge < -0.3 is 10.6 Å². The van der Waals surface area contributed by atoms with Gasteiger partial charge in [-0.15, -0.1) is 11.3 Å². The van der Waals surface area contributed by atoms with E-state index in [0.29, 0.717) is 0 Å². The monoisotopic (exact) mass is 209 g/mol. The molecular weight excluding hydrogens is 194 g/mol. The standard InChI is InChI=1S/C10H15N3S/c1-8-5-9(14-7-8)6-13-10-11-3-2-4-12-10/h5,7H,2-4,6H2,1H3,(H2,11,12,13). The molecule has 0 bridgehead atoms. The summed E-state index contributed by atoms with van der Waals surface area (Å²) in [5, 5.41) is 8.71. The van der Waals surface area contributed by atoms with Gasteiger partial charge in [0.15, 0.2) is 5.96 Å². The zero-order chi connectivity index (χ0) is 9.80. The van der Waals surface area contributed by atoms with E-state index >= 15 is 0 Å². The number of hydrogen-bond acceptors (Lipinski definition) is 4. The minimum Gasteiger partial charge on any atom is -0.356 e. The Kier molecular flexibility index (Phi) is 3.03. The number of hydrogen-bond donors (Lipinski definition) is 2. The van der Waals surface area contributed by atoms with E-state index in [0.717, 1.165) is 32.0 Å². The lowest BCUT2D eigenvalue weighted by Gasteiger charge is -2.15. The number of aryl methyl sites for hydroxylation is 1. The van der Waals surface area contributed by atoms with Crippen molar-refractivity contribution < 1.29 is 0 Å². The molecule has 0 radical (unpaired) electrons. The van der Waals surface area contributed by atoms with Crippen LogP contribution in [0.25, 0.3) is 0 Å². The summed E-state index contributed by atoms with van der Waals surface area (Å²) in [5.41, 5.74) is 1.34. The van der Waals surface area contributed by atoms with Crippen molar-refractivity contribution in [3.63, 3.8) is 0 Å². The smallest absolute Gasteiger partial charge is 0.191 e. The van der Waals surface area contributed by atoms with Crippen molar-refractivity contribution in [2.24, 2.45) is 4.99 Å². The van der Waals surface area contributed by atoms with Crippen molar-refractivity contribution in [3.8, 4) is 0 Å². The van der Waals surface area contributed by atoms with E-state index in [1.807, 2.05) is 0 Å². The van der Waals surface area contributed by atoms with Crippen molar-refractivity contribution in [2.45, 2.75) is 19.9 Å². The lowest BCUT2D eigenvalue weighted by Crippen LogP contribution is -2.40. The summed E-state index contributed by atoms with van der Waals surface area (Å²) in [5.74, 6) is 0.947. The summed E-state index contributed by atoms with van der Waals surface area (Å²) in [6.07, 6.45) is 1.14. The van der Waals surface area contributed by atoms with Crippen LogP contribution in [-0.2, 0) is 6.54 Å². The van der Waals surface area contributed by atoms with E-state index < -0.39 is 0 Å². The molecule has 0 spiro atoms. The van der Waals surface area contributed by atoms with Gasteiger partial charge in [0.2, 0.25) is 0 Å². The lowest BCUT2D eigenvalue weighted by molar-refractivity contribution is 0.703. The molecule has 0 saturated carbocycles. The van der Waals surface area contributed by atoms with Gasteiger partial charge in [-0.2, -0.15) is 0 Å². The molecule has 4 heteroatoms. The Morgan fingerprint density at radius 2 is 2.57 bits per heavy atom. The first-order valence-corrected chi connectivity index (χ1v) is 5.79. The predicted molar refractivity (Wildman–Crippen MR) is 60.8 cm³/mol. The molecule has 1 aromatic rings. The molecule has 2 N–H and O–H groups in total. The zero-order valence-electron chi connectivity index (χ0n) is 8.34. The van der Waals surface area contributed by atoms with Crippen LogP contribution < -0.4 is 10.6 Å². The summed E-state index contributed by atoms with van der Waals surface area (Å²) in [7, 11) is 0. The molecule has 1 aliphatic heterocycles. The van der Waals surface area contributed by atoms with Crippen LogP contribution in [-0.4, -0.2) is 19.0 Å².